The number of amides is 1. The van der Waals surface area contributed by atoms with Gasteiger partial charge in [-0.3, -0.25) is 19.7 Å². The van der Waals surface area contributed by atoms with Gasteiger partial charge in [-0.25, -0.2) is 0 Å². The Morgan fingerprint density at radius 3 is 2.70 bits per heavy atom. The SMILES string of the molecule is COC1CC(CC(=O)O)N(C(=O)c2cc(C)cc([N+](=O)[O-])c2)C1. The van der Waals surface area contributed by atoms with Crippen molar-refractivity contribution in [3.8, 4) is 0 Å². The molecule has 1 heterocycles. The van der Waals surface area contributed by atoms with E-state index in [0.717, 1.165) is 0 Å². The highest BCUT2D eigenvalue weighted by atomic mass is 16.6. The van der Waals surface area contributed by atoms with Gasteiger partial charge in [-0.1, -0.05) is 0 Å². The molecule has 1 saturated heterocycles. The van der Waals surface area contributed by atoms with E-state index >= 15 is 0 Å². The summed E-state index contributed by atoms with van der Waals surface area (Å²) in [5.74, 6) is -1.41. The van der Waals surface area contributed by atoms with E-state index in [1.54, 1.807) is 13.0 Å². The number of ether oxygens (including phenoxy) is 1. The van der Waals surface area contributed by atoms with Gasteiger partial charge >= 0.3 is 5.97 Å². The predicted octanol–water partition coefficient (Wildman–Crippen LogP) is 1.61. The van der Waals surface area contributed by atoms with Gasteiger partial charge in [0, 0.05) is 37.4 Å². The molecule has 124 valence electrons. The van der Waals surface area contributed by atoms with Crippen LogP contribution >= 0.6 is 0 Å². The molecule has 1 N–H and O–H groups in total. The van der Waals surface area contributed by atoms with E-state index < -0.39 is 22.8 Å². The number of nitrogens with zero attached hydrogens (tertiary/aromatic N) is 2. The van der Waals surface area contributed by atoms with Crippen LogP contribution in [0.15, 0.2) is 18.2 Å². The number of non-ortho nitro benzene ring substituents is 1. The first-order valence-corrected chi connectivity index (χ1v) is 7.13. The summed E-state index contributed by atoms with van der Waals surface area (Å²) >= 11 is 0. The third-order valence-electron chi connectivity index (χ3n) is 3.90. The molecule has 1 aromatic rings. The van der Waals surface area contributed by atoms with Crippen LogP contribution in [0.3, 0.4) is 0 Å². The molecule has 23 heavy (non-hydrogen) atoms. The van der Waals surface area contributed by atoms with E-state index in [-0.39, 0.29) is 30.3 Å². The van der Waals surface area contributed by atoms with Crippen molar-refractivity contribution in [2.75, 3.05) is 13.7 Å². The van der Waals surface area contributed by atoms with Gasteiger partial charge in [0.15, 0.2) is 0 Å². The molecule has 1 aliphatic heterocycles. The second kappa shape index (κ2) is 6.74. The summed E-state index contributed by atoms with van der Waals surface area (Å²) < 4.78 is 5.23. The highest BCUT2D eigenvalue weighted by molar-refractivity contribution is 5.95. The zero-order valence-corrected chi connectivity index (χ0v) is 12.9. The summed E-state index contributed by atoms with van der Waals surface area (Å²) in [6.45, 7) is 1.94. The van der Waals surface area contributed by atoms with Gasteiger partial charge in [0.2, 0.25) is 0 Å². The van der Waals surface area contributed by atoms with Gasteiger partial charge in [0.1, 0.15) is 0 Å². The number of aliphatic carboxylic acids is 1. The maximum atomic E-state index is 12.7. The normalized spacial score (nSPS) is 20.5. The van der Waals surface area contributed by atoms with Crippen LogP contribution in [0.2, 0.25) is 0 Å². The van der Waals surface area contributed by atoms with E-state index in [2.05, 4.69) is 0 Å². The van der Waals surface area contributed by atoms with Crippen molar-refractivity contribution in [3.05, 3.63) is 39.4 Å². The fourth-order valence-electron chi connectivity index (χ4n) is 2.85. The maximum absolute atomic E-state index is 12.7. The topological polar surface area (TPSA) is 110 Å². The Labute approximate surface area is 132 Å². The van der Waals surface area contributed by atoms with E-state index in [0.29, 0.717) is 12.0 Å². The number of carbonyl (C=O) groups excluding carboxylic acids is 1. The van der Waals surface area contributed by atoms with Crippen LogP contribution in [0, 0.1) is 17.0 Å². The molecule has 2 atom stereocenters. The maximum Gasteiger partial charge on any atom is 0.305 e. The van der Waals surface area contributed by atoms with Crippen LogP contribution in [0.25, 0.3) is 0 Å². The van der Waals surface area contributed by atoms with Crippen molar-refractivity contribution >= 4 is 17.6 Å². The molecule has 1 fully saturated rings. The zero-order chi connectivity index (χ0) is 17.1. The number of benzene rings is 1. The minimum absolute atomic E-state index is 0.161. The third-order valence-corrected chi connectivity index (χ3v) is 3.90. The summed E-state index contributed by atoms with van der Waals surface area (Å²) in [6.07, 6.45) is 0.0187. The number of rotatable bonds is 5. The van der Waals surface area contributed by atoms with Crippen molar-refractivity contribution in [2.45, 2.75) is 31.9 Å². The lowest BCUT2D eigenvalue weighted by Gasteiger charge is -2.23. The predicted molar refractivity (Wildman–Crippen MR) is 80.3 cm³/mol. The number of carbonyl (C=O) groups is 2. The van der Waals surface area contributed by atoms with Gasteiger partial charge in [-0.05, 0) is 25.0 Å². The molecule has 2 unspecified atom stereocenters. The number of methoxy groups -OCH3 is 1. The Hall–Kier alpha value is -2.48. The summed E-state index contributed by atoms with van der Waals surface area (Å²) in [5.41, 5.74) is 0.620. The van der Waals surface area contributed by atoms with Crippen LogP contribution in [-0.4, -0.2) is 52.6 Å². The standard InChI is InChI=1S/C15H18N2O6/c1-9-3-10(5-12(4-9)17(21)22)15(20)16-8-13(23-2)6-11(16)7-14(18)19/h3-5,11,13H,6-8H2,1-2H3,(H,18,19). The molecule has 0 saturated carbocycles. The van der Waals surface area contributed by atoms with Crippen molar-refractivity contribution in [1.82, 2.24) is 4.90 Å². The molecule has 2 rings (SSSR count). The number of hydrogen-bond acceptors (Lipinski definition) is 5. The van der Waals surface area contributed by atoms with Crippen molar-refractivity contribution in [3.63, 3.8) is 0 Å². The van der Waals surface area contributed by atoms with Crippen molar-refractivity contribution < 1.29 is 24.4 Å². The highest BCUT2D eigenvalue weighted by Crippen LogP contribution is 2.26. The van der Waals surface area contributed by atoms with E-state index in [4.69, 9.17) is 9.84 Å². The molecule has 0 aliphatic carbocycles. The monoisotopic (exact) mass is 322 g/mol. The Morgan fingerprint density at radius 1 is 1.43 bits per heavy atom. The molecule has 0 aromatic heterocycles. The minimum Gasteiger partial charge on any atom is -0.481 e. The summed E-state index contributed by atoms with van der Waals surface area (Å²) in [6, 6.07) is 3.68. The molecule has 0 spiro atoms. The number of carboxylic acid groups (broad SMARTS) is 1. The summed E-state index contributed by atoms with van der Waals surface area (Å²) in [5, 5.41) is 19.9. The van der Waals surface area contributed by atoms with Gasteiger partial charge in [0.05, 0.1) is 17.4 Å². The van der Waals surface area contributed by atoms with Crippen LogP contribution in [0.1, 0.15) is 28.8 Å². The van der Waals surface area contributed by atoms with Crippen molar-refractivity contribution in [1.29, 1.82) is 0 Å². The van der Waals surface area contributed by atoms with E-state index in [1.165, 1.54) is 24.1 Å². The number of carboxylic acids is 1. The highest BCUT2D eigenvalue weighted by Gasteiger charge is 2.37. The van der Waals surface area contributed by atoms with Crippen LogP contribution < -0.4 is 0 Å². The zero-order valence-electron chi connectivity index (χ0n) is 12.9. The summed E-state index contributed by atoms with van der Waals surface area (Å²) in [7, 11) is 1.51. The Bertz CT molecular complexity index is 645. The lowest BCUT2D eigenvalue weighted by molar-refractivity contribution is -0.384. The third kappa shape index (κ3) is 3.84. The molecule has 8 heteroatoms. The summed E-state index contributed by atoms with van der Waals surface area (Å²) in [4.78, 5) is 35.5. The van der Waals surface area contributed by atoms with Gasteiger partial charge in [0.25, 0.3) is 11.6 Å². The van der Waals surface area contributed by atoms with Crippen LogP contribution in [-0.2, 0) is 9.53 Å². The molecule has 8 nitrogen and oxygen atoms in total. The first kappa shape index (κ1) is 16.9. The minimum atomic E-state index is -1.00. The Balaban J connectivity index is 2.30. The molecule has 1 amide bonds. The fraction of sp³-hybridized carbons (Fsp3) is 0.467. The lowest BCUT2D eigenvalue weighted by atomic mass is 10.1. The fourth-order valence-corrected chi connectivity index (χ4v) is 2.85. The van der Waals surface area contributed by atoms with Crippen LogP contribution in [0.5, 0.6) is 0 Å². The van der Waals surface area contributed by atoms with Gasteiger partial charge in [-0.15, -0.1) is 0 Å². The Kier molecular flexibility index (Phi) is 4.95. The first-order chi connectivity index (χ1) is 10.8. The second-order valence-corrected chi connectivity index (χ2v) is 5.62. The molecule has 0 radical (unpaired) electrons. The van der Waals surface area contributed by atoms with Gasteiger partial charge < -0.3 is 14.7 Å². The average molecular weight is 322 g/mol. The van der Waals surface area contributed by atoms with Crippen LogP contribution in [0.4, 0.5) is 5.69 Å². The second-order valence-electron chi connectivity index (χ2n) is 5.62. The molecular formula is C15H18N2O6. The molecular weight excluding hydrogens is 304 g/mol. The van der Waals surface area contributed by atoms with Crippen molar-refractivity contribution in [2.24, 2.45) is 0 Å². The molecule has 1 aliphatic rings. The quantitative estimate of drug-likeness (QED) is 0.651. The molecule has 1 aromatic carbocycles. The average Bonchev–Trinajstić information content (AvgIpc) is 2.88. The number of aryl methyl sites for hydroxylation is 1. The number of hydrogen-bond donors (Lipinski definition) is 1. The number of likely N-dealkylation sites (tertiary alicyclic amines) is 1. The smallest absolute Gasteiger partial charge is 0.305 e. The van der Waals surface area contributed by atoms with E-state index in [9.17, 15) is 19.7 Å². The van der Waals surface area contributed by atoms with E-state index in [1.807, 2.05) is 0 Å². The molecule has 0 bridgehead atoms. The largest absolute Gasteiger partial charge is 0.481 e. The Morgan fingerprint density at radius 2 is 2.13 bits per heavy atom. The van der Waals surface area contributed by atoms with Gasteiger partial charge in [-0.2, -0.15) is 0 Å². The first-order valence-electron chi connectivity index (χ1n) is 7.13. The number of nitro benzene ring substituents is 1. The number of nitro groups is 1. The lowest BCUT2D eigenvalue weighted by Crippen LogP contribution is -2.37.